The van der Waals surface area contributed by atoms with Crippen LogP contribution >= 0.6 is 35.1 Å². The molecule has 0 saturated heterocycles. The van der Waals surface area contributed by atoms with Crippen molar-refractivity contribution in [2.45, 2.75) is 0 Å². The zero-order valence-corrected chi connectivity index (χ0v) is 14.6. The second kappa shape index (κ2) is 12.5. The molecule has 2 saturated carbocycles. The van der Waals surface area contributed by atoms with Crippen LogP contribution in [0.25, 0.3) is 0 Å². The van der Waals surface area contributed by atoms with Crippen LogP contribution in [0.5, 0.6) is 0 Å². The van der Waals surface area contributed by atoms with Crippen LogP contribution < -0.4 is 0 Å². The fourth-order valence-corrected chi connectivity index (χ4v) is 3.11. The van der Waals surface area contributed by atoms with E-state index in [4.69, 9.17) is 11.6 Å². The minimum Gasteiger partial charge on any atom is -0.292 e. The van der Waals surface area contributed by atoms with Crippen LogP contribution in [0.2, 0.25) is 0 Å². The zero-order valence-electron chi connectivity index (χ0n) is 11.2. The van der Waals surface area contributed by atoms with E-state index in [1.54, 1.807) is 12.8 Å². The van der Waals surface area contributed by atoms with E-state index in [1.807, 2.05) is 57.5 Å². The van der Waals surface area contributed by atoms with Gasteiger partial charge in [-0.1, -0.05) is 11.6 Å². The van der Waals surface area contributed by atoms with E-state index in [0.29, 0.717) is 11.0 Å². The third kappa shape index (κ3) is 7.26. The van der Waals surface area contributed by atoms with Crippen molar-refractivity contribution in [3.8, 4) is 0 Å². The number of ketones is 1. The van der Waals surface area contributed by atoms with Gasteiger partial charge in [0.25, 0.3) is 0 Å². The summed E-state index contributed by atoms with van der Waals surface area (Å²) in [6.07, 6.45) is 21.0. The fraction of sp³-hybridized carbons (Fsp3) is 0.133. The molecule has 2 fully saturated rings. The van der Waals surface area contributed by atoms with Crippen LogP contribution in [-0.4, -0.2) is 18.3 Å². The van der Waals surface area contributed by atoms with Crippen molar-refractivity contribution in [1.82, 2.24) is 0 Å². The van der Waals surface area contributed by atoms with Gasteiger partial charge in [-0.05, 0) is 70.3 Å². The van der Waals surface area contributed by atoms with Crippen LogP contribution in [0.1, 0.15) is 0 Å². The van der Waals surface area contributed by atoms with Gasteiger partial charge in [0, 0.05) is 0 Å². The molecular weight excluding hydrogens is 352 g/mol. The van der Waals surface area contributed by atoms with Gasteiger partial charge >= 0.3 is 17.1 Å². The molecule has 0 aromatic carbocycles. The maximum atomic E-state index is 11.7. The molecule has 0 atom stereocenters. The second-order valence-electron chi connectivity index (χ2n) is 3.47. The minimum absolute atomic E-state index is 0. The van der Waals surface area contributed by atoms with Gasteiger partial charge in [0.15, 0.2) is 5.78 Å². The van der Waals surface area contributed by atoms with E-state index in [1.165, 1.54) is 23.5 Å². The first-order chi connectivity index (χ1) is 9.20. The van der Waals surface area contributed by atoms with Crippen molar-refractivity contribution in [1.29, 1.82) is 0 Å². The van der Waals surface area contributed by atoms with Crippen LogP contribution in [0.4, 0.5) is 0 Å². The third-order valence-corrected chi connectivity index (χ3v) is 4.96. The Kier molecular flexibility index (Phi) is 13.0. The standard InChI is InChI=1S/C10H10ClOS2.C5H5.Fe/c1-13-10(14-2)8(11)9(12)7-5-3-4-6-7;1-2-4-5-3-1;/h3-6H,1-2H3;1-5H;/q;;+2. The van der Waals surface area contributed by atoms with Crippen LogP contribution in [0, 0.1) is 63.7 Å². The van der Waals surface area contributed by atoms with E-state index in [9.17, 15) is 4.79 Å². The van der Waals surface area contributed by atoms with Crippen molar-refractivity contribution in [2.24, 2.45) is 0 Å². The van der Waals surface area contributed by atoms with Gasteiger partial charge in [0.2, 0.25) is 0 Å². The topological polar surface area (TPSA) is 17.1 Å². The van der Waals surface area contributed by atoms with Crippen molar-refractivity contribution in [3.05, 3.63) is 73.0 Å². The van der Waals surface area contributed by atoms with E-state index in [0.717, 1.165) is 4.24 Å². The van der Waals surface area contributed by atoms with Crippen LogP contribution in [-0.2, 0) is 21.9 Å². The van der Waals surface area contributed by atoms with Gasteiger partial charge < -0.3 is 0 Å². The number of allylic oxidation sites excluding steroid dienone is 1. The normalized spacial score (nSPS) is 17.9. The average Bonchev–Trinajstić information content (AvgIpc) is 3.14. The van der Waals surface area contributed by atoms with Gasteiger partial charge in [-0.2, -0.15) is 0 Å². The number of Topliss-reactive ketones (excluding diaryl/α,β-unsaturated/α-hetero) is 1. The van der Waals surface area contributed by atoms with Gasteiger partial charge in [-0.15, -0.1) is 23.5 Å². The summed E-state index contributed by atoms with van der Waals surface area (Å²) in [7, 11) is 0. The summed E-state index contributed by atoms with van der Waals surface area (Å²) in [5.41, 5.74) is 0. The number of halogens is 1. The first kappa shape index (κ1) is 20.9. The Morgan fingerprint density at radius 3 is 1.65 bits per heavy atom. The Bertz CT molecular complexity index is 297. The molecular formula is C15H15ClFeOS2+2. The van der Waals surface area contributed by atoms with Crippen molar-refractivity contribution < 1.29 is 21.9 Å². The average molecular weight is 367 g/mol. The molecule has 1 nitrogen and oxygen atoms in total. The second-order valence-corrected chi connectivity index (χ2v) is 5.74. The molecule has 0 spiro atoms. The molecule has 0 heterocycles. The van der Waals surface area contributed by atoms with Crippen molar-refractivity contribution in [2.75, 3.05) is 12.5 Å². The third-order valence-electron chi connectivity index (χ3n) is 2.23. The van der Waals surface area contributed by atoms with Gasteiger partial charge in [0.05, 0.1) is 10.2 Å². The Balaban J connectivity index is 0.000000507. The van der Waals surface area contributed by atoms with Crippen molar-refractivity contribution >= 4 is 40.9 Å². The predicted molar refractivity (Wildman–Crippen MR) is 86.9 cm³/mol. The summed E-state index contributed by atoms with van der Waals surface area (Å²) in [6.45, 7) is 0. The van der Waals surface area contributed by atoms with Crippen LogP contribution in [0.15, 0.2) is 9.27 Å². The van der Waals surface area contributed by atoms with E-state index in [-0.39, 0.29) is 22.9 Å². The molecule has 0 unspecified atom stereocenters. The largest absolute Gasteiger partial charge is 2.00 e. The summed E-state index contributed by atoms with van der Waals surface area (Å²) in [6, 6.07) is 0. The number of carbonyl (C=O) groups excluding carboxylic acids is 1. The summed E-state index contributed by atoms with van der Waals surface area (Å²) >= 11 is 8.96. The molecule has 2 aliphatic carbocycles. The molecule has 20 heavy (non-hydrogen) atoms. The summed E-state index contributed by atoms with van der Waals surface area (Å²) in [5.74, 6) is 0.547. The molecule has 0 N–H and O–H groups in total. The molecule has 0 bridgehead atoms. The minimum atomic E-state index is -0.102. The first-order valence-corrected chi connectivity index (χ1v) is 8.44. The maximum absolute atomic E-state index is 11.7. The smallest absolute Gasteiger partial charge is 0.292 e. The fourth-order valence-electron chi connectivity index (χ4n) is 1.33. The van der Waals surface area contributed by atoms with Gasteiger partial charge in [0.1, 0.15) is 5.03 Å². The monoisotopic (exact) mass is 366 g/mol. The van der Waals surface area contributed by atoms with Gasteiger partial charge in [-0.3, -0.25) is 4.79 Å². The van der Waals surface area contributed by atoms with Crippen LogP contribution in [0.3, 0.4) is 0 Å². The Labute approximate surface area is 147 Å². The molecule has 2 aliphatic rings. The first-order valence-electron chi connectivity index (χ1n) is 5.61. The Morgan fingerprint density at radius 2 is 1.30 bits per heavy atom. The molecule has 0 aromatic heterocycles. The van der Waals surface area contributed by atoms with E-state index < -0.39 is 0 Å². The van der Waals surface area contributed by atoms with Crippen molar-refractivity contribution in [3.63, 3.8) is 0 Å². The number of thioether (sulfide) groups is 2. The zero-order chi connectivity index (χ0) is 14.1. The number of hydrogen-bond acceptors (Lipinski definition) is 3. The SMILES string of the molecule is CSC(SC)=C(Cl)C(=O)[C]1[CH][CH][CH][CH]1.[CH]1[CH][CH][CH][CH]1.[Fe+2]. The van der Waals surface area contributed by atoms with Gasteiger partial charge in [-0.25, -0.2) is 0 Å². The number of rotatable bonds is 4. The summed E-state index contributed by atoms with van der Waals surface area (Å²) < 4.78 is 0.859. The molecule has 0 aliphatic heterocycles. The predicted octanol–water partition coefficient (Wildman–Crippen LogP) is 4.11. The Hall–Kier alpha value is 0.919. The quantitative estimate of drug-likeness (QED) is 0.550. The number of carbonyl (C=O) groups is 1. The Morgan fingerprint density at radius 1 is 0.900 bits per heavy atom. The molecule has 106 valence electrons. The van der Waals surface area contributed by atoms with E-state index >= 15 is 0 Å². The molecule has 0 aromatic rings. The molecule has 10 radical (unpaired) electrons. The molecule has 2 rings (SSSR count). The molecule has 5 heteroatoms. The maximum Gasteiger partial charge on any atom is 2.00 e. The number of hydrogen-bond donors (Lipinski definition) is 0. The summed E-state index contributed by atoms with van der Waals surface area (Å²) in [4.78, 5) is 11.7. The molecule has 0 amide bonds. The summed E-state index contributed by atoms with van der Waals surface area (Å²) in [5, 5.41) is 0.316. The van der Waals surface area contributed by atoms with E-state index in [2.05, 4.69) is 0 Å².